The molecule has 2 nitrogen and oxygen atoms in total. The molecule has 0 N–H and O–H groups in total. The van der Waals surface area contributed by atoms with Crippen molar-refractivity contribution < 1.29 is 4.79 Å². The van der Waals surface area contributed by atoms with Crippen LogP contribution in [0, 0.1) is 6.92 Å². The van der Waals surface area contributed by atoms with Gasteiger partial charge in [-0.1, -0.05) is 40.2 Å². The third kappa shape index (κ3) is 3.14. The molecule has 0 radical (unpaired) electrons. The summed E-state index contributed by atoms with van der Waals surface area (Å²) >= 11 is 3.45. The van der Waals surface area contributed by atoms with Gasteiger partial charge in [-0.3, -0.25) is 4.79 Å². The summed E-state index contributed by atoms with van der Waals surface area (Å²) in [7, 11) is 0. The van der Waals surface area contributed by atoms with Crippen molar-refractivity contribution in [1.29, 1.82) is 0 Å². The van der Waals surface area contributed by atoms with E-state index in [2.05, 4.69) is 39.9 Å². The fourth-order valence-electron chi connectivity index (χ4n) is 2.37. The van der Waals surface area contributed by atoms with Gasteiger partial charge in [0.25, 0.3) is 0 Å². The number of rotatable bonds is 5. The van der Waals surface area contributed by atoms with E-state index in [1.54, 1.807) is 0 Å². The zero-order valence-electron chi connectivity index (χ0n) is 10.9. The van der Waals surface area contributed by atoms with Crippen molar-refractivity contribution in [2.45, 2.75) is 38.6 Å². The van der Waals surface area contributed by atoms with Crippen LogP contribution in [0.2, 0.25) is 0 Å². The van der Waals surface area contributed by atoms with Crippen molar-refractivity contribution in [3.63, 3.8) is 0 Å². The number of amides is 1. The lowest BCUT2D eigenvalue weighted by atomic mass is 9.91. The van der Waals surface area contributed by atoms with Crippen LogP contribution in [0.1, 0.15) is 30.4 Å². The number of aryl methyl sites for hydroxylation is 1. The predicted octanol–water partition coefficient (Wildman–Crippen LogP) is 3.31. The number of nitrogens with zero attached hydrogens (tertiary/aromatic N) is 1. The molecule has 0 saturated heterocycles. The van der Waals surface area contributed by atoms with Crippen molar-refractivity contribution in [2.75, 3.05) is 11.9 Å². The maximum atomic E-state index is 12.4. The van der Waals surface area contributed by atoms with Crippen LogP contribution in [0.3, 0.4) is 0 Å². The van der Waals surface area contributed by atoms with Gasteiger partial charge in [0, 0.05) is 17.9 Å². The maximum absolute atomic E-state index is 12.4. The molecule has 1 aromatic carbocycles. The van der Waals surface area contributed by atoms with Crippen LogP contribution in [0.25, 0.3) is 0 Å². The predicted molar refractivity (Wildman–Crippen MR) is 78.0 cm³/mol. The van der Waals surface area contributed by atoms with Crippen molar-refractivity contribution >= 4 is 21.8 Å². The van der Waals surface area contributed by atoms with Crippen LogP contribution < -0.4 is 0 Å². The van der Waals surface area contributed by atoms with Gasteiger partial charge < -0.3 is 4.90 Å². The lowest BCUT2D eigenvalue weighted by Crippen LogP contribution is -2.45. The highest BCUT2D eigenvalue weighted by atomic mass is 79.9. The summed E-state index contributed by atoms with van der Waals surface area (Å²) in [6, 6.07) is 8.64. The smallest absolute Gasteiger partial charge is 0.227 e. The first-order chi connectivity index (χ1) is 8.72. The van der Waals surface area contributed by atoms with Crippen LogP contribution in [0.4, 0.5) is 0 Å². The van der Waals surface area contributed by atoms with E-state index in [1.807, 2.05) is 12.1 Å². The number of alkyl halides is 1. The number of benzene rings is 1. The van der Waals surface area contributed by atoms with E-state index >= 15 is 0 Å². The average molecular weight is 310 g/mol. The summed E-state index contributed by atoms with van der Waals surface area (Å²) in [4.78, 5) is 14.5. The Morgan fingerprint density at radius 1 is 1.39 bits per heavy atom. The van der Waals surface area contributed by atoms with Crippen LogP contribution in [-0.4, -0.2) is 28.7 Å². The van der Waals surface area contributed by atoms with E-state index in [0.29, 0.717) is 12.5 Å². The van der Waals surface area contributed by atoms with Gasteiger partial charge in [-0.2, -0.15) is 0 Å². The normalized spacial score (nSPS) is 15.2. The highest BCUT2D eigenvalue weighted by Crippen LogP contribution is 2.25. The van der Waals surface area contributed by atoms with Gasteiger partial charge in [0.15, 0.2) is 0 Å². The van der Waals surface area contributed by atoms with Gasteiger partial charge in [0.1, 0.15) is 0 Å². The van der Waals surface area contributed by atoms with Crippen molar-refractivity contribution in [2.24, 2.45) is 0 Å². The van der Waals surface area contributed by atoms with Gasteiger partial charge in [-0.15, -0.1) is 0 Å². The molecule has 0 aliphatic heterocycles. The summed E-state index contributed by atoms with van der Waals surface area (Å²) in [5.41, 5.74) is 2.36. The second kappa shape index (κ2) is 6.37. The van der Waals surface area contributed by atoms with Crippen molar-refractivity contribution in [1.82, 2.24) is 4.90 Å². The molecule has 1 aliphatic rings. The molecule has 98 valence electrons. The molecule has 3 heteroatoms. The molecule has 0 heterocycles. The molecule has 0 spiro atoms. The van der Waals surface area contributed by atoms with Crippen molar-refractivity contribution in [3.05, 3.63) is 35.4 Å². The number of halogens is 1. The number of carbonyl (C=O) groups excluding carboxylic acids is 1. The Hall–Kier alpha value is -0.830. The Morgan fingerprint density at radius 3 is 2.67 bits per heavy atom. The molecule has 0 atom stereocenters. The molecular formula is C15H20BrNO. The van der Waals surface area contributed by atoms with E-state index in [1.165, 1.54) is 24.8 Å². The fourth-order valence-corrected chi connectivity index (χ4v) is 2.76. The molecule has 1 saturated carbocycles. The van der Waals surface area contributed by atoms with Gasteiger partial charge in [-0.05, 0) is 37.3 Å². The highest BCUT2D eigenvalue weighted by molar-refractivity contribution is 9.09. The van der Waals surface area contributed by atoms with E-state index in [9.17, 15) is 4.79 Å². The second-order valence-corrected chi connectivity index (χ2v) is 5.76. The van der Waals surface area contributed by atoms with Gasteiger partial charge in [0.05, 0.1) is 6.42 Å². The summed E-state index contributed by atoms with van der Waals surface area (Å²) in [5.74, 6) is 0.272. The first kappa shape index (κ1) is 13.6. The zero-order chi connectivity index (χ0) is 13.0. The number of hydrogen-bond donors (Lipinski definition) is 0. The molecule has 1 aliphatic carbocycles. The average Bonchev–Trinajstić information content (AvgIpc) is 2.29. The van der Waals surface area contributed by atoms with Crippen molar-refractivity contribution in [3.8, 4) is 0 Å². The Bertz CT molecular complexity index is 415. The van der Waals surface area contributed by atoms with E-state index in [-0.39, 0.29) is 5.91 Å². The van der Waals surface area contributed by atoms with Crippen LogP contribution in [0.15, 0.2) is 24.3 Å². The summed E-state index contributed by atoms with van der Waals surface area (Å²) < 4.78 is 0. The minimum atomic E-state index is 0.272. The third-order valence-corrected chi connectivity index (χ3v) is 4.12. The molecular weight excluding hydrogens is 290 g/mol. The quantitative estimate of drug-likeness (QED) is 0.764. The van der Waals surface area contributed by atoms with E-state index < -0.39 is 0 Å². The maximum Gasteiger partial charge on any atom is 0.227 e. The molecule has 1 aromatic rings. The largest absolute Gasteiger partial charge is 0.339 e. The fraction of sp³-hybridized carbons (Fsp3) is 0.533. The minimum absolute atomic E-state index is 0.272. The first-order valence-corrected chi connectivity index (χ1v) is 7.74. The lowest BCUT2D eigenvalue weighted by molar-refractivity contribution is -0.134. The number of carbonyl (C=O) groups is 1. The number of hydrogen-bond acceptors (Lipinski definition) is 1. The van der Waals surface area contributed by atoms with E-state index in [0.717, 1.165) is 17.4 Å². The first-order valence-electron chi connectivity index (χ1n) is 6.62. The third-order valence-electron chi connectivity index (χ3n) is 3.76. The molecule has 0 unspecified atom stereocenters. The Kier molecular flexibility index (Phi) is 4.81. The molecule has 2 rings (SSSR count). The van der Waals surface area contributed by atoms with Crippen LogP contribution in [0.5, 0.6) is 0 Å². The minimum Gasteiger partial charge on any atom is -0.339 e. The standard InChI is InChI=1S/C15H20BrNO/c1-12-5-2-3-6-13(12)11-15(18)17(10-9-16)14-7-4-8-14/h2-3,5-6,14H,4,7-11H2,1H3. The van der Waals surface area contributed by atoms with Gasteiger partial charge in [0.2, 0.25) is 5.91 Å². The molecule has 18 heavy (non-hydrogen) atoms. The molecule has 0 aromatic heterocycles. The SMILES string of the molecule is Cc1ccccc1CC(=O)N(CCBr)C1CCC1. The second-order valence-electron chi connectivity index (χ2n) is 4.96. The molecule has 1 amide bonds. The van der Waals surface area contributed by atoms with Crippen LogP contribution in [-0.2, 0) is 11.2 Å². The lowest BCUT2D eigenvalue weighted by Gasteiger charge is -2.37. The Balaban J connectivity index is 2.02. The Morgan fingerprint density at radius 2 is 2.11 bits per heavy atom. The monoisotopic (exact) mass is 309 g/mol. The van der Waals surface area contributed by atoms with E-state index in [4.69, 9.17) is 0 Å². The molecule has 0 bridgehead atoms. The topological polar surface area (TPSA) is 20.3 Å². The molecule has 1 fully saturated rings. The van der Waals surface area contributed by atoms with Gasteiger partial charge in [-0.25, -0.2) is 0 Å². The highest BCUT2D eigenvalue weighted by Gasteiger charge is 2.28. The summed E-state index contributed by atoms with van der Waals surface area (Å²) in [6.07, 6.45) is 4.15. The summed E-state index contributed by atoms with van der Waals surface area (Å²) in [6.45, 7) is 2.90. The Labute approximate surface area is 117 Å². The summed E-state index contributed by atoms with van der Waals surface area (Å²) in [5, 5.41) is 0.864. The zero-order valence-corrected chi connectivity index (χ0v) is 12.4. The van der Waals surface area contributed by atoms with Crippen LogP contribution >= 0.6 is 15.9 Å². The van der Waals surface area contributed by atoms with Gasteiger partial charge >= 0.3 is 0 Å².